The molecule has 1 fully saturated rings. The molecule has 0 unspecified atom stereocenters. The summed E-state index contributed by atoms with van der Waals surface area (Å²) in [6.07, 6.45) is 4.31. The molecule has 0 spiro atoms. The van der Waals surface area contributed by atoms with Gasteiger partial charge in [0, 0.05) is 56.9 Å². The number of piperidine rings is 1. The number of likely N-dealkylation sites (tertiary alicyclic amines) is 1. The molecule has 170 valence electrons. The lowest BCUT2D eigenvalue weighted by atomic mass is 10.1. The second-order valence-corrected chi connectivity index (χ2v) is 8.43. The second kappa shape index (κ2) is 10.6. The minimum Gasteiger partial charge on any atom is -0.393 e. The van der Waals surface area contributed by atoms with Crippen molar-refractivity contribution in [2.45, 2.75) is 38.5 Å². The smallest absolute Gasteiger partial charge is 0.191 e. The summed E-state index contributed by atoms with van der Waals surface area (Å²) < 4.78 is 13.5. The number of nitrogens with one attached hydrogen (secondary N) is 3. The second-order valence-electron chi connectivity index (χ2n) is 8.43. The standard InChI is InChI=1S/C25H32FN5O/c1-27-25(28-11-8-20-16-29-24-7-6-21(26)14-23(20)24)30-15-18-2-4-19(5-3-18)17-31-12-9-22(32)10-13-31/h2-7,14,16,22,29,32H,8-13,15,17H2,1H3,(H2,27,28,30). The van der Waals surface area contributed by atoms with Crippen LogP contribution in [0.15, 0.2) is 53.7 Å². The molecule has 4 rings (SSSR count). The highest BCUT2D eigenvalue weighted by atomic mass is 19.1. The van der Waals surface area contributed by atoms with Crippen molar-refractivity contribution < 1.29 is 9.50 Å². The van der Waals surface area contributed by atoms with E-state index in [1.807, 2.05) is 6.20 Å². The van der Waals surface area contributed by atoms with Crippen LogP contribution in [-0.4, -0.2) is 53.7 Å². The van der Waals surface area contributed by atoms with Crippen LogP contribution in [0.25, 0.3) is 10.9 Å². The molecule has 1 aliphatic rings. The summed E-state index contributed by atoms with van der Waals surface area (Å²) in [5.74, 6) is 0.525. The number of nitrogens with zero attached hydrogens (tertiary/aromatic N) is 2. The number of fused-ring (bicyclic) bond motifs is 1. The molecular formula is C25H32FN5O. The zero-order chi connectivity index (χ0) is 22.3. The number of benzene rings is 2. The maximum absolute atomic E-state index is 13.5. The van der Waals surface area contributed by atoms with E-state index in [2.05, 4.69) is 49.8 Å². The van der Waals surface area contributed by atoms with Gasteiger partial charge in [0.15, 0.2) is 5.96 Å². The van der Waals surface area contributed by atoms with Crippen LogP contribution in [0.1, 0.15) is 29.5 Å². The number of aliphatic imine (C=N–C) groups is 1. The summed E-state index contributed by atoms with van der Waals surface area (Å²) in [5, 5.41) is 17.3. The van der Waals surface area contributed by atoms with Gasteiger partial charge < -0.3 is 20.7 Å². The number of aliphatic hydroxyl groups excluding tert-OH is 1. The molecule has 32 heavy (non-hydrogen) atoms. The zero-order valence-electron chi connectivity index (χ0n) is 18.6. The molecule has 0 radical (unpaired) electrons. The maximum Gasteiger partial charge on any atom is 0.191 e. The van der Waals surface area contributed by atoms with Gasteiger partial charge >= 0.3 is 0 Å². The van der Waals surface area contributed by atoms with Crippen molar-refractivity contribution in [3.8, 4) is 0 Å². The Morgan fingerprint density at radius 2 is 1.88 bits per heavy atom. The number of H-pyrrole nitrogens is 1. The molecule has 2 heterocycles. The van der Waals surface area contributed by atoms with E-state index < -0.39 is 0 Å². The molecule has 7 heteroatoms. The average molecular weight is 438 g/mol. The van der Waals surface area contributed by atoms with Crippen molar-refractivity contribution in [1.29, 1.82) is 0 Å². The van der Waals surface area contributed by atoms with Gasteiger partial charge in [-0.25, -0.2) is 4.39 Å². The minimum absolute atomic E-state index is 0.131. The first-order valence-electron chi connectivity index (χ1n) is 11.3. The predicted molar refractivity (Wildman–Crippen MR) is 127 cm³/mol. The quantitative estimate of drug-likeness (QED) is 0.338. The number of guanidine groups is 1. The van der Waals surface area contributed by atoms with Crippen molar-refractivity contribution in [3.05, 3.63) is 71.2 Å². The van der Waals surface area contributed by atoms with Crippen LogP contribution >= 0.6 is 0 Å². The summed E-state index contributed by atoms with van der Waals surface area (Å²) in [6, 6.07) is 13.5. The summed E-state index contributed by atoms with van der Waals surface area (Å²) in [5.41, 5.74) is 4.52. The summed E-state index contributed by atoms with van der Waals surface area (Å²) in [6.45, 7) is 4.24. The fourth-order valence-corrected chi connectivity index (χ4v) is 4.18. The van der Waals surface area contributed by atoms with Crippen LogP contribution in [0.4, 0.5) is 4.39 Å². The fourth-order valence-electron chi connectivity index (χ4n) is 4.18. The van der Waals surface area contributed by atoms with Crippen molar-refractivity contribution in [2.75, 3.05) is 26.7 Å². The van der Waals surface area contributed by atoms with Crippen molar-refractivity contribution in [1.82, 2.24) is 20.5 Å². The summed E-state index contributed by atoms with van der Waals surface area (Å²) >= 11 is 0. The van der Waals surface area contributed by atoms with E-state index in [-0.39, 0.29) is 11.9 Å². The lowest BCUT2D eigenvalue weighted by Gasteiger charge is -2.29. The lowest BCUT2D eigenvalue weighted by molar-refractivity contribution is 0.0792. The Morgan fingerprint density at radius 1 is 1.12 bits per heavy atom. The third-order valence-corrected chi connectivity index (χ3v) is 6.09. The molecule has 1 saturated heterocycles. The number of aromatic nitrogens is 1. The topological polar surface area (TPSA) is 75.7 Å². The van der Waals surface area contributed by atoms with E-state index in [1.165, 1.54) is 17.2 Å². The highest BCUT2D eigenvalue weighted by molar-refractivity contribution is 5.83. The molecule has 1 aliphatic heterocycles. The first-order valence-corrected chi connectivity index (χ1v) is 11.3. The fraction of sp³-hybridized carbons (Fsp3) is 0.400. The molecule has 0 amide bonds. The number of aromatic amines is 1. The minimum atomic E-state index is -0.218. The van der Waals surface area contributed by atoms with E-state index >= 15 is 0 Å². The number of hydrogen-bond acceptors (Lipinski definition) is 3. The zero-order valence-corrected chi connectivity index (χ0v) is 18.6. The van der Waals surface area contributed by atoms with Crippen molar-refractivity contribution in [2.24, 2.45) is 4.99 Å². The van der Waals surface area contributed by atoms with E-state index in [9.17, 15) is 9.50 Å². The Balaban J connectivity index is 1.22. The summed E-state index contributed by atoms with van der Waals surface area (Å²) in [4.78, 5) is 9.89. The van der Waals surface area contributed by atoms with Crippen molar-refractivity contribution >= 4 is 16.9 Å². The van der Waals surface area contributed by atoms with Crippen molar-refractivity contribution in [3.63, 3.8) is 0 Å². The normalized spacial score (nSPS) is 15.9. The van der Waals surface area contributed by atoms with Gasteiger partial charge in [0.05, 0.1) is 6.10 Å². The maximum atomic E-state index is 13.5. The number of hydrogen-bond donors (Lipinski definition) is 4. The highest BCUT2D eigenvalue weighted by Gasteiger charge is 2.16. The SMILES string of the molecule is CN=C(NCCc1c[nH]c2ccc(F)cc12)NCc1ccc(CN2CCC(O)CC2)cc1. The Morgan fingerprint density at radius 3 is 2.62 bits per heavy atom. The number of rotatable bonds is 7. The average Bonchev–Trinajstić information content (AvgIpc) is 3.20. The van der Waals surface area contributed by atoms with Gasteiger partial charge in [0.2, 0.25) is 0 Å². The van der Waals surface area contributed by atoms with Crippen LogP contribution in [0.3, 0.4) is 0 Å². The predicted octanol–water partition coefficient (Wildman–Crippen LogP) is 3.17. The van der Waals surface area contributed by atoms with Gasteiger partial charge in [-0.15, -0.1) is 0 Å². The molecule has 4 N–H and O–H groups in total. The van der Waals surface area contributed by atoms with Crippen LogP contribution in [-0.2, 0) is 19.5 Å². The largest absolute Gasteiger partial charge is 0.393 e. The van der Waals surface area contributed by atoms with Gasteiger partial charge in [-0.2, -0.15) is 0 Å². The lowest BCUT2D eigenvalue weighted by Crippen LogP contribution is -2.37. The molecule has 0 atom stereocenters. The van der Waals surface area contributed by atoms with Crippen LogP contribution in [0.5, 0.6) is 0 Å². The summed E-state index contributed by atoms with van der Waals surface area (Å²) in [7, 11) is 1.76. The van der Waals surface area contributed by atoms with Crippen LogP contribution in [0.2, 0.25) is 0 Å². The van der Waals surface area contributed by atoms with E-state index in [4.69, 9.17) is 0 Å². The van der Waals surface area contributed by atoms with Crippen LogP contribution < -0.4 is 10.6 Å². The van der Waals surface area contributed by atoms with Gasteiger partial charge in [-0.3, -0.25) is 9.89 Å². The Labute approximate surface area is 188 Å². The molecule has 0 aliphatic carbocycles. The molecule has 6 nitrogen and oxygen atoms in total. The number of aliphatic hydroxyl groups is 1. The number of halogens is 1. The van der Waals surface area contributed by atoms with Gasteiger partial charge in [0.25, 0.3) is 0 Å². The Bertz CT molecular complexity index is 1040. The van der Waals surface area contributed by atoms with Crippen LogP contribution in [0, 0.1) is 5.82 Å². The Kier molecular flexibility index (Phi) is 7.39. The van der Waals surface area contributed by atoms with Gasteiger partial charge in [-0.1, -0.05) is 24.3 Å². The molecule has 3 aromatic rings. The molecular weight excluding hydrogens is 405 g/mol. The van der Waals surface area contributed by atoms with Gasteiger partial charge in [0.1, 0.15) is 5.82 Å². The van der Waals surface area contributed by atoms with E-state index in [1.54, 1.807) is 19.2 Å². The first kappa shape index (κ1) is 22.3. The molecule has 1 aromatic heterocycles. The third kappa shape index (κ3) is 5.87. The third-order valence-electron chi connectivity index (χ3n) is 6.09. The molecule has 2 aromatic carbocycles. The molecule has 0 saturated carbocycles. The van der Waals surface area contributed by atoms with Gasteiger partial charge in [-0.05, 0) is 54.2 Å². The first-order chi connectivity index (χ1) is 15.6. The molecule has 0 bridgehead atoms. The highest BCUT2D eigenvalue weighted by Crippen LogP contribution is 2.19. The Hall–Kier alpha value is -2.90. The van der Waals surface area contributed by atoms with E-state index in [0.29, 0.717) is 13.1 Å². The van der Waals surface area contributed by atoms with E-state index in [0.717, 1.165) is 61.3 Å². The monoisotopic (exact) mass is 437 g/mol.